The van der Waals surface area contributed by atoms with E-state index in [1.807, 2.05) is 18.2 Å². The fraction of sp³-hybridized carbons (Fsp3) is 0.500. The summed E-state index contributed by atoms with van der Waals surface area (Å²) in [6.07, 6.45) is 1.89. The summed E-state index contributed by atoms with van der Waals surface area (Å²) in [6, 6.07) is 5.58. The third-order valence-corrected chi connectivity index (χ3v) is 4.21. The van der Waals surface area contributed by atoms with Gasteiger partial charge in [-0.2, -0.15) is 12.6 Å². The van der Waals surface area contributed by atoms with Crippen LogP contribution in [0, 0.1) is 5.92 Å². The maximum absolute atomic E-state index is 6.14. The quantitative estimate of drug-likeness (QED) is 0.807. The highest BCUT2D eigenvalue weighted by Crippen LogP contribution is 2.28. The van der Waals surface area contributed by atoms with Crippen LogP contribution in [0.4, 0.5) is 0 Å². The molecule has 2 atom stereocenters. The van der Waals surface area contributed by atoms with Gasteiger partial charge in [0.05, 0.1) is 6.61 Å². The molecule has 0 aliphatic carbocycles. The van der Waals surface area contributed by atoms with Gasteiger partial charge in [-0.15, -0.1) is 0 Å². The molecule has 1 saturated heterocycles. The molecule has 1 nitrogen and oxygen atoms in total. The van der Waals surface area contributed by atoms with Crippen molar-refractivity contribution in [1.29, 1.82) is 0 Å². The topological polar surface area (TPSA) is 9.23 Å². The summed E-state index contributed by atoms with van der Waals surface area (Å²) in [7, 11) is 0. The number of rotatable bonds is 2. The average Bonchev–Trinajstić information content (AvgIpc) is 2.27. The van der Waals surface area contributed by atoms with Gasteiger partial charge in [-0.1, -0.05) is 23.2 Å². The molecule has 1 fully saturated rings. The molecule has 1 aliphatic rings. The van der Waals surface area contributed by atoms with Crippen LogP contribution in [0.15, 0.2) is 18.2 Å². The highest BCUT2D eigenvalue weighted by Gasteiger charge is 2.23. The van der Waals surface area contributed by atoms with Crippen molar-refractivity contribution in [2.24, 2.45) is 5.92 Å². The van der Waals surface area contributed by atoms with Crippen molar-refractivity contribution < 1.29 is 4.74 Å². The molecule has 88 valence electrons. The maximum atomic E-state index is 6.14. The number of ether oxygens (including phenoxy) is 1. The van der Waals surface area contributed by atoms with Crippen molar-refractivity contribution in [1.82, 2.24) is 0 Å². The molecule has 0 spiro atoms. The Morgan fingerprint density at radius 1 is 1.38 bits per heavy atom. The van der Waals surface area contributed by atoms with E-state index in [9.17, 15) is 0 Å². The molecule has 0 saturated carbocycles. The second-order valence-electron chi connectivity index (χ2n) is 4.13. The first-order valence-electron chi connectivity index (χ1n) is 5.36. The van der Waals surface area contributed by atoms with E-state index >= 15 is 0 Å². The monoisotopic (exact) mass is 276 g/mol. The van der Waals surface area contributed by atoms with E-state index in [1.54, 1.807) is 0 Å². The minimum absolute atomic E-state index is 0.392. The molecule has 1 aromatic rings. The lowest BCUT2D eigenvalue weighted by atomic mass is 9.93. The molecule has 1 heterocycles. The zero-order valence-corrected chi connectivity index (χ0v) is 11.2. The summed E-state index contributed by atoms with van der Waals surface area (Å²) < 4.78 is 5.47. The molecule has 0 aromatic heterocycles. The predicted molar refractivity (Wildman–Crippen MR) is 71.9 cm³/mol. The number of hydrogen-bond donors (Lipinski definition) is 1. The van der Waals surface area contributed by atoms with Crippen LogP contribution >= 0.6 is 35.8 Å². The van der Waals surface area contributed by atoms with Crippen LogP contribution in [0.2, 0.25) is 10.0 Å². The molecule has 1 aliphatic heterocycles. The van der Waals surface area contributed by atoms with Crippen molar-refractivity contribution in [3.05, 3.63) is 33.8 Å². The van der Waals surface area contributed by atoms with Crippen LogP contribution in [0.1, 0.15) is 12.0 Å². The molecule has 1 aromatic carbocycles. The predicted octanol–water partition coefficient (Wildman–Crippen LogP) is 3.87. The Balaban J connectivity index is 2.10. The second-order valence-corrected chi connectivity index (χ2v) is 5.64. The van der Waals surface area contributed by atoms with Crippen LogP contribution in [-0.2, 0) is 11.2 Å². The summed E-state index contributed by atoms with van der Waals surface area (Å²) >= 11 is 16.7. The number of thiol groups is 1. The van der Waals surface area contributed by atoms with Crippen LogP contribution < -0.4 is 0 Å². The van der Waals surface area contributed by atoms with Crippen LogP contribution in [0.5, 0.6) is 0 Å². The van der Waals surface area contributed by atoms with E-state index in [-0.39, 0.29) is 0 Å². The Morgan fingerprint density at radius 2 is 2.19 bits per heavy atom. The fourth-order valence-electron chi connectivity index (χ4n) is 1.96. The van der Waals surface area contributed by atoms with Crippen molar-refractivity contribution in [2.45, 2.75) is 18.1 Å². The summed E-state index contributed by atoms with van der Waals surface area (Å²) in [6.45, 7) is 1.57. The Morgan fingerprint density at radius 3 is 2.94 bits per heavy atom. The summed E-state index contributed by atoms with van der Waals surface area (Å²) in [4.78, 5) is 0. The zero-order valence-electron chi connectivity index (χ0n) is 8.83. The van der Waals surface area contributed by atoms with Crippen molar-refractivity contribution >= 4 is 35.8 Å². The van der Waals surface area contributed by atoms with Gasteiger partial charge in [-0.05, 0) is 42.5 Å². The second kappa shape index (κ2) is 5.63. The largest absolute Gasteiger partial charge is 0.381 e. The lowest BCUT2D eigenvalue weighted by Crippen LogP contribution is -2.29. The average molecular weight is 277 g/mol. The van der Waals surface area contributed by atoms with Gasteiger partial charge in [0.1, 0.15) is 0 Å². The molecule has 0 unspecified atom stereocenters. The van der Waals surface area contributed by atoms with E-state index in [4.69, 9.17) is 27.9 Å². The molecular weight excluding hydrogens is 263 g/mol. The van der Waals surface area contributed by atoms with Crippen LogP contribution in [0.25, 0.3) is 0 Å². The molecule has 0 bridgehead atoms. The van der Waals surface area contributed by atoms with Crippen LogP contribution in [0.3, 0.4) is 0 Å². The smallest absolute Gasteiger partial charge is 0.0507 e. The Labute approximate surface area is 111 Å². The first kappa shape index (κ1) is 12.6. The molecular formula is C12H14Cl2OS. The van der Waals surface area contributed by atoms with E-state index in [0.29, 0.717) is 11.2 Å². The van der Waals surface area contributed by atoms with Gasteiger partial charge in [0.2, 0.25) is 0 Å². The van der Waals surface area contributed by atoms with E-state index in [1.165, 1.54) is 0 Å². The van der Waals surface area contributed by atoms with Gasteiger partial charge in [-0.25, -0.2) is 0 Å². The number of hydrogen-bond acceptors (Lipinski definition) is 2. The minimum Gasteiger partial charge on any atom is -0.381 e. The van der Waals surface area contributed by atoms with Crippen LogP contribution in [-0.4, -0.2) is 18.5 Å². The van der Waals surface area contributed by atoms with Gasteiger partial charge >= 0.3 is 0 Å². The normalized spacial score (nSPS) is 25.7. The number of benzene rings is 1. The Kier molecular flexibility index (Phi) is 4.42. The van der Waals surface area contributed by atoms with Gasteiger partial charge in [0.25, 0.3) is 0 Å². The summed E-state index contributed by atoms with van der Waals surface area (Å²) in [5, 5.41) is 1.89. The minimum atomic E-state index is 0.392. The van der Waals surface area contributed by atoms with Crippen molar-refractivity contribution in [3.63, 3.8) is 0 Å². The summed E-state index contributed by atoms with van der Waals surface area (Å²) in [5.74, 6) is 0.424. The number of halogens is 2. The highest BCUT2D eigenvalue weighted by atomic mass is 35.5. The standard InChI is InChI=1S/C12H14Cl2OS/c13-10-1-2-11(14)8(6-10)5-9-7-15-4-3-12(9)16/h1-2,6,9,12,16H,3-5,7H2/t9-,12-/m0/s1. The third-order valence-electron chi connectivity index (χ3n) is 2.92. The van der Waals surface area contributed by atoms with Crippen molar-refractivity contribution in [3.8, 4) is 0 Å². The van der Waals surface area contributed by atoms with Gasteiger partial charge < -0.3 is 4.74 Å². The molecule has 2 rings (SSSR count). The zero-order chi connectivity index (χ0) is 11.5. The van der Waals surface area contributed by atoms with Crippen molar-refractivity contribution in [2.75, 3.05) is 13.2 Å². The van der Waals surface area contributed by atoms with Gasteiger partial charge in [0.15, 0.2) is 0 Å². The third kappa shape index (κ3) is 3.07. The summed E-state index contributed by atoms with van der Waals surface area (Å²) in [5.41, 5.74) is 1.09. The molecule has 0 N–H and O–H groups in total. The highest BCUT2D eigenvalue weighted by molar-refractivity contribution is 7.81. The van der Waals surface area contributed by atoms with Gasteiger partial charge in [-0.3, -0.25) is 0 Å². The first-order valence-corrected chi connectivity index (χ1v) is 6.64. The lowest BCUT2D eigenvalue weighted by Gasteiger charge is -2.28. The van der Waals surface area contributed by atoms with E-state index in [2.05, 4.69) is 12.6 Å². The molecule has 0 amide bonds. The molecule has 4 heteroatoms. The van der Waals surface area contributed by atoms with E-state index in [0.717, 1.165) is 41.7 Å². The first-order chi connectivity index (χ1) is 7.66. The fourth-order valence-corrected chi connectivity index (χ4v) is 2.65. The molecule has 0 radical (unpaired) electrons. The van der Waals surface area contributed by atoms with Gasteiger partial charge in [0, 0.05) is 21.9 Å². The molecule has 16 heavy (non-hydrogen) atoms. The Bertz CT molecular complexity index is 370. The lowest BCUT2D eigenvalue weighted by molar-refractivity contribution is 0.0596. The Hall–Kier alpha value is 0.110. The maximum Gasteiger partial charge on any atom is 0.0507 e. The SMILES string of the molecule is S[C@H]1CCOC[C@@H]1Cc1cc(Cl)ccc1Cl. The van der Waals surface area contributed by atoms with E-state index < -0.39 is 0 Å².